The maximum Gasteiger partial charge on any atom is 0.174 e. The van der Waals surface area contributed by atoms with Crippen LogP contribution in [0.3, 0.4) is 0 Å². The number of hydrogen-bond donors (Lipinski definition) is 2. The molecular formula is C16H24BrNO3. The molecule has 0 bridgehead atoms. The monoisotopic (exact) mass is 357 g/mol. The molecule has 0 aliphatic heterocycles. The van der Waals surface area contributed by atoms with Gasteiger partial charge in [-0.15, -0.1) is 0 Å². The predicted octanol–water partition coefficient (Wildman–Crippen LogP) is 3.11. The molecule has 1 aromatic carbocycles. The molecule has 1 fully saturated rings. The lowest BCUT2D eigenvalue weighted by atomic mass is 9.87. The van der Waals surface area contributed by atoms with E-state index in [1.54, 1.807) is 14.2 Å². The molecule has 0 saturated heterocycles. The van der Waals surface area contributed by atoms with Gasteiger partial charge in [0.2, 0.25) is 0 Å². The van der Waals surface area contributed by atoms with E-state index in [2.05, 4.69) is 21.2 Å². The molecule has 0 amide bonds. The van der Waals surface area contributed by atoms with Gasteiger partial charge in [0.15, 0.2) is 11.5 Å². The van der Waals surface area contributed by atoms with Gasteiger partial charge in [-0.05, 0) is 46.5 Å². The minimum atomic E-state index is 0.0772. The quantitative estimate of drug-likeness (QED) is 0.787. The van der Waals surface area contributed by atoms with Crippen molar-refractivity contribution < 1.29 is 14.6 Å². The van der Waals surface area contributed by atoms with Crippen molar-refractivity contribution in [3.63, 3.8) is 0 Å². The molecule has 118 valence electrons. The van der Waals surface area contributed by atoms with Crippen molar-refractivity contribution in [2.45, 2.75) is 32.2 Å². The van der Waals surface area contributed by atoms with Gasteiger partial charge in [0, 0.05) is 25.1 Å². The molecule has 0 aromatic heterocycles. The van der Waals surface area contributed by atoms with E-state index in [1.165, 1.54) is 12.8 Å². The highest BCUT2D eigenvalue weighted by Gasteiger charge is 2.32. The van der Waals surface area contributed by atoms with Gasteiger partial charge in [-0.1, -0.05) is 12.8 Å². The normalized spacial score (nSPS) is 17.0. The largest absolute Gasteiger partial charge is 0.493 e. The van der Waals surface area contributed by atoms with Crippen molar-refractivity contribution in [1.29, 1.82) is 0 Å². The van der Waals surface area contributed by atoms with Crippen molar-refractivity contribution in [3.05, 3.63) is 22.2 Å². The Morgan fingerprint density at radius 2 is 1.95 bits per heavy atom. The Bertz CT molecular complexity index is 473. The number of aliphatic hydroxyl groups excluding tert-OH is 1. The van der Waals surface area contributed by atoms with Crippen LogP contribution < -0.4 is 14.8 Å². The molecule has 1 saturated carbocycles. The lowest BCUT2D eigenvalue weighted by molar-refractivity contribution is 0.128. The third-order valence-electron chi connectivity index (χ3n) is 4.32. The zero-order valence-electron chi connectivity index (χ0n) is 12.7. The van der Waals surface area contributed by atoms with E-state index in [4.69, 9.17) is 9.47 Å². The number of methoxy groups -OCH3 is 2. The maximum absolute atomic E-state index is 9.62. The highest BCUT2D eigenvalue weighted by molar-refractivity contribution is 9.10. The maximum atomic E-state index is 9.62. The second-order valence-corrected chi connectivity index (χ2v) is 6.64. The van der Waals surface area contributed by atoms with Crippen LogP contribution in [0.1, 0.15) is 31.2 Å². The molecule has 0 radical (unpaired) electrons. The van der Waals surface area contributed by atoms with Gasteiger partial charge < -0.3 is 19.9 Å². The van der Waals surface area contributed by atoms with E-state index < -0.39 is 0 Å². The summed E-state index contributed by atoms with van der Waals surface area (Å²) in [6.07, 6.45) is 4.69. The first-order valence-electron chi connectivity index (χ1n) is 7.36. The molecule has 5 heteroatoms. The molecule has 1 aliphatic carbocycles. The summed E-state index contributed by atoms with van der Waals surface area (Å²) in [5.41, 5.74) is 1.21. The summed E-state index contributed by atoms with van der Waals surface area (Å²) in [7, 11) is 3.27. The number of aliphatic hydroxyl groups is 1. The summed E-state index contributed by atoms with van der Waals surface area (Å²) in [6.45, 7) is 1.88. The minimum Gasteiger partial charge on any atom is -0.493 e. The van der Waals surface area contributed by atoms with Gasteiger partial charge in [0.25, 0.3) is 0 Å². The Labute approximate surface area is 135 Å². The highest BCUT2D eigenvalue weighted by atomic mass is 79.9. The summed E-state index contributed by atoms with van der Waals surface area (Å²) in [4.78, 5) is 0. The topological polar surface area (TPSA) is 50.7 Å². The van der Waals surface area contributed by atoms with Crippen molar-refractivity contribution in [2.75, 3.05) is 27.4 Å². The zero-order chi connectivity index (χ0) is 15.3. The number of benzene rings is 1. The fraction of sp³-hybridized carbons (Fsp3) is 0.625. The SMILES string of the molecule is COc1cc(CNCC2(CO)CCCC2)cc(Br)c1OC. The minimum absolute atomic E-state index is 0.0772. The number of hydrogen-bond acceptors (Lipinski definition) is 4. The third-order valence-corrected chi connectivity index (χ3v) is 4.91. The summed E-state index contributed by atoms with van der Waals surface area (Å²) in [5.74, 6) is 1.44. The average Bonchev–Trinajstić information content (AvgIpc) is 2.96. The number of ether oxygens (including phenoxy) is 2. The van der Waals surface area contributed by atoms with Crippen molar-refractivity contribution in [3.8, 4) is 11.5 Å². The third kappa shape index (κ3) is 3.90. The zero-order valence-corrected chi connectivity index (χ0v) is 14.3. The number of halogens is 1. The van der Waals surface area contributed by atoms with Crippen LogP contribution in [0.25, 0.3) is 0 Å². The van der Waals surface area contributed by atoms with Gasteiger partial charge in [-0.2, -0.15) is 0 Å². The molecule has 1 aliphatic rings. The standard InChI is InChI=1S/C16H24BrNO3/c1-20-14-8-12(7-13(17)15(14)21-2)9-18-10-16(11-19)5-3-4-6-16/h7-8,18-19H,3-6,9-11H2,1-2H3. The van der Waals surface area contributed by atoms with Crippen LogP contribution >= 0.6 is 15.9 Å². The van der Waals surface area contributed by atoms with Crippen LogP contribution in [0.15, 0.2) is 16.6 Å². The van der Waals surface area contributed by atoms with Crippen molar-refractivity contribution in [2.24, 2.45) is 5.41 Å². The second kappa shape index (κ2) is 7.47. The summed E-state index contributed by atoms with van der Waals surface area (Å²) < 4.78 is 11.6. The highest BCUT2D eigenvalue weighted by Crippen LogP contribution is 2.38. The van der Waals surface area contributed by atoms with Gasteiger partial charge in [0.05, 0.1) is 18.7 Å². The van der Waals surface area contributed by atoms with E-state index in [0.717, 1.165) is 41.7 Å². The first kappa shape index (κ1) is 16.6. The van der Waals surface area contributed by atoms with E-state index in [9.17, 15) is 5.11 Å². The molecule has 0 atom stereocenters. The Morgan fingerprint density at radius 3 is 2.52 bits per heavy atom. The average molecular weight is 358 g/mol. The first-order chi connectivity index (χ1) is 10.1. The molecule has 1 aromatic rings. The molecular weight excluding hydrogens is 334 g/mol. The second-order valence-electron chi connectivity index (χ2n) is 5.78. The molecule has 2 rings (SSSR count). The van der Waals surface area contributed by atoms with Gasteiger partial charge in [-0.3, -0.25) is 0 Å². The van der Waals surface area contributed by atoms with Crippen LogP contribution in [-0.4, -0.2) is 32.5 Å². The summed E-state index contributed by atoms with van der Waals surface area (Å²) in [6, 6.07) is 4.02. The number of rotatable bonds is 7. The predicted molar refractivity (Wildman–Crippen MR) is 86.9 cm³/mol. The Morgan fingerprint density at radius 1 is 1.24 bits per heavy atom. The fourth-order valence-electron chi connectivity index (χ4n) is 3.06. The molecule has 0 unspecified atom stereocenters. The molecule has 4 nitrogen and oxygen atoms in total. The van der Waals surface area contributed by atoms with E-state index in [-0.39, 0.29) is 12.0 Å². The Kier molecular flexibility index (Phi) is 5.90. The molecule has 0 heterocycles. The van der Waals surface area contributed by atoms with E-state index >= 15 is 0 Å². The van der Waals surface area contributed by atoms with Crippen molar-refractivity contribution in [1.82, 2.24) is 5.32 Å². The molecule has 0 spiro atoms. The number of nitrogens with one attached hydrogen (secondary N) is 1. The first-order valence-corrected chi connectivity index (χ1v) is 8.15. The lowest BCUT2D eigenvalue weighted by Gasteiger charge is -2.26. The van der Waals surface area contributed by atoms with Crippen LogP contribution in [0, 0.1) is 5.41 Å². The van der Waals surface area contributed by atoms with Crippen LogP contribution in [0.5, 0.6) is 11.5 Å². The Hall–Kier alpha value is -0.780. The molecule has 21 heavy (non-hydrogen) atoms. The van der Waals surface area contributed by atoms with E-state index in [0.29, 0.717) is 5.75 Å². The van der Waals surface area contributed by atoms with Crippen LogP contribution in [0.2, 0.25) is 0 Å². The smallest absolute Gasteiger partial charge is 0.174 e. The van der Waals surface area contributed by atoms with Crippen LogP contribution in [-0.2, 0) is 6.54 Å². The van der Waals surface area contributed by atoms with Gasteiger partial charge >= 0.3 is 0 Å². The fourth-order valence-corrected chi connectivity index (χ4v) is 3.71. The lowest BCUT2D eigenvalue weighted by Crippen LogP contribution is -2.34. The van der Waals surface area contributed by atoms with E-state index in [1.807, 2.05) is 12.1 Å². The molecule has 2 N–H and O–H groups in total. The summed E-state index contributed by atoms with van der Waals surface area (Å²) in [5, 5.41) is 13.1. The van der Waals surface area contributed by atoms with Crippen molar-refractivity contribution >= 4 is 15.9 Å². The van der Waals surface area contributed by atoms with Gasteiger partial charge in [0.1, 0.15) is 0 Å². The Balaban J connectivity index is 1.98. The summed E-state index contributed by atoms with van der Waals surface area (Å²) >= 11 is 3.51. The van der Waals surface area contributed by atoms with Crippen LogP contribution in [0.4, 0.5) is 0 Å². The van der Waals surface area contributed by atoms with Gasteiger partial charge in [-0.25, -0.2) is 0 Å².